The number of aryl methyl sites for hydroxylation is 1. The molecule has 0 unspecified atom stereocenters. The largest absolute Gasteiger partial charge is 0.276 e. The van der Waals surface area contributed by atoms with Crippen molar-refractivity contribution in [3.05, 3.63) is 33.8 Å². The molecule has 0 aliphatic carbocycles. The molecule has 0 bridgehead atoms. The number of nitrogens with zero attached hydrogens (tertiary/aromatic N) is 4. The minimum absolute atomic E-state index is 0.464. The van der Waals surface area contributed by atoms with Crippen molar-refractivity contribution < 1.29 is 4.79 Å². The van der Waals surface area contributed by atoms with Crippen molar-refractivity contribution in [3.8, 4) is 0 Å². The van der Waals surface area contributed by atoms with E-state index in [9.17, 15) is 4.79 Å². The highest BCUT2D eigenvalue weighted by Gasteiger charge is 2.09. The molecular formula is C10H8BrClN4OS. The van der Waals surface area contributed by atoms with E-state index in [4.69, 9.17) is 11.6 Å². The maximum atomic E-state index is 11.1. The molecule has 2 aromatic rings. The van der Waals surface area contributed by atoms with Gasteiger partial charge in [-0.1, -0.05) is 17.8 Å². The van der Waals surface area contributed by atoms with E-state index in [1.54, 1.807) is 17.8 Å². The Kier molecular flexibility index (Phi) is 4.36. The van der Waals surface area contributed by atoms with Crippen LogP contribution in [0.3, 0.4) is 0 Å². The van der Waals surface area contributed by atoms with Crippen LogP contribution in [0.1, 0.15) is 15.9 Å². The van der Waals surface area contributed by atoms with E-state index in [0.717, 1.165) is 10.7 Å². The predicted molar refractivity (Wildman–Crippen MR) is 72.7 cm³/mol. The number of rotatable bonds is 4. The van der Waals surface area contributed by atoms with Crippen LogP contribution < -0.4 is 0 Å². The molecule has 0 amide bonds. The molecule has 0 aliphatic rings. The first-order valence-corrected chi connectivity index (χ1v) is 7.07. The Morgan fingerprint density at radius 3 is 2.89 bits per heavy atom. The Balaban J connectivity index is 2.09. The first-order valence-electron chi connectivity index (χ1n) is 4.91. The fourth-order valence-corrected chi connectivity index (χ4v) is 2.98. The van der Waals surface area contributed by atoms with E-state index < -0.39 is 5.24 Å². The summed E-state index contributed by atoms with van der Waals surface area (Å²) in [4.78, 5) is 11.1. The molecule has 0 radical (unpaired) electrons. The lowest BCUT2D eigenvalue weighted by Crippen LogP contribution is -1.94. The summed E-state index contributed by atoms with van der Waals surface area (Å²) in [5, 5.41) is 11.4. The second kappa shape index (κ2) is 5.81. The fourth-order valence-electron chi connectivity index (χ4n) is 1.30. The Labute approximate surface area is 121 Å². The summed E-state index contributed by atoms with van der Waals surface area (Å²) in [7, 11) is 1.79. The van der Waals surface area contributed by atoms with E-state index in [1.807, 2.05) is 12.1 Å². The summed E-state index contributed by atoms with van der Waals surface area (Å²) in [6.45, 7) is 0. The van der Waals surface area contributed by atoms with Crippen LogP contribution in [-0.4, -0.2) is 25.4 Å². The highest BCUT2D eigenvalue weighted by molar-refractivity contribution is 9.10. The minimum Gasteiger partial charge on any atom is -0.276 e. The van der Waals surface area contributed by atoms with Crippen molar-refractivity contribution in [2.24, 2.45) is 7.05 Å². The van der Waals surface area contributed by atoms with Gasteiger partial charge in [-0.05, 0) is 55.7 Å². The number of tetrazole rings is 1. The molecule has 0 spiro atoms. The molecule has 8 heteroatoms. The number of carbonyl (C=O) groups excluding carboxylic acids is 1. The normalized spacial score (nSPS) is 10.6. The van der Waals surface area contributed by atoms with Crippen LogP contribution in [0.25, 0.3) is 0 Å². The van der Waals surface area contributed by atoms with Crippen LogP contribution in [0.5, 0.6) is 0 Å². The number of hydrogen-bond acceptors (Lipinski definition) is 5. The topological polar surface area (TPSA) is 60.7 Å². The Bertz CT molecular complexity index is 589. The first kappa shape index (κ1) is 13.5. The van der Waals surface area contributed by atoms with E-state index in [-0.39, 0.29) is 0 Å². The van der Waals surface area contributed by atoms with Crippen LogP contribution >= 0.6 is 39.3 Å². The van der Waals surface area contributed by atoms with Crippen molar-refractivity contribution in [1.29, 1.82) is 0 Å². The number of halogens is 2. The van der Waals surface area contributed by atoms with Gasteiger partial charge in [0.2, 0.25) is 5.16 Å². The van der Waals surface area contributed by atoms with Crippen molar-refractivity contribution in [1.82, 2.24) is 20.2 Å². The van der Waals surface area contributed by atoms with Crippen LogP contribution in [0.2, 0.25) is 0 Å². The maximum absolute atomic E-state index is 11.1. The maximum Gasteiger partial charge on any atom is 0.253 e. The monoisotopic (exact) mass is 346 g/mol. The molecule has 1 aromatic carbocycles. The SMILES string of the molecule is Cn1nnnc1SCc1ccc(C(=O)Cl)c(Br)c1. The van der Waals surface area contributed by atoms with Crippen LogP contribution in [-0.2, 0) is 12.8 Å². The Hall–Kier alpha value is -0.920. The van der Waals surface area contributed by atoms with Gasteiger partial charge in [0.15, 0.2) is 0 Å². The molecule has 94 valence electrons. The lowest BCUT2D eigenvalue weighted by atomic mass is 10.2. The highest BCUT2D eigenvalue weighted by atomic mass is 79.9. The smallest absolute Gasteiger partial charge is 0.253 e. The summed E-state index contributed by atoms with van der Waals surface area (Å²) in [6, 6.07) is 5.42. The van der Waals surface area contributed by atoms with Crippen molar-refractivity contribution in [2.45, 2.75) is 10.9 Å². The number of aromatic nitrogens is 4. The van der Waals surface area contributed by atoms with Gasteiger partial charge in [0.25, 0.3) is 5.24 Å². The van der Waals surface area contributed by atoms with Crippen LogP contribution in [0, 0.1) is 0 Å². The molecule has 2 rings (SSSR count). The Morgan fingerprint density at radius 2 is 2.33 bits per heavy atom. The number of hydrogen-bond donors (Lipinski definition) is 0. The van der Waals surface area contributed by atoms with Gasteiger partial charge in [0.05, 0.1) is 0 Å². The van der Waals surface area contributed by atoms with E-state index >= 15 is 0 Å². The van der Waals surface area contributed by atoms with Gasteiger partial charge in [0, 0.05) is 22.8 Å². The van der Waals surface area contributed by atoms with Crippen molar-refractivity contribution in [3.63, 3.8) is 0 Å². The average Bonchev–Trinajstić information content (AvgIpc) is 2.72. The molecule has 0 aliphatic heterocycles. The lowest BCUT2D eigenvalue weighted by molar-refractivity contribution is 0.108. The number of thioether (sulfide) groups is 1. The Morgan fingerprint density at radius 1 is 1.56 bits per heavy atom. The fraction of sp³-hybridized carbons (Fsp3) is 0.200. The molecule has 0 saturated carbocycles. The second-order valence-electron chi connectivity index (χ2n) is 3.46. The second-order valence-corrected chi connectivity index (χ2v) is 5.60. The van der Waals surface area contributed by atoms with Crippen molar-refractivity contribution >= 4 is 44.5 Å². The van der Waals surface area contributed by atoms with Gasteiger partial charge in [-0.25, -0.2) is 4.68 Å². The number of carbonyl (C=O) groups is 1. The molecule has 0 saturated heterocycles. The molecule has 1 heterocycles. The molecule has 1 aromatic heterocycles. The molecule has 0 fully saturated rings. The average molecular weight is 348 g/mol. The predicted octanol–water partition coefficient (Wildman–Crippen LogP) is 2.64. The third kappa shape index (κ3) is 3.09. The quantitative estimate of drug-likeness (QED) is 0.628. The van der Waals surface area contributed by atoms with Crippen molar-refractivity contribution in [2.75, 3.05) is 0 Å². The van der Waals surface area contributed by atoms with Gasteiger partial charge in [-0.3, -0.25) is 4.79 Å². The summed E-state index contributed by atoms with van der Waals surface area (Å²) in [6.07, 6.45) is 0. The summed E-state index contributed by atoms with van der Waals surface area (Å²) in [5.74, 6) is 0.712. The third-order valence-electron chi connectivity index (χ3n) is 2.19. The molecule has 0 N–H and O–H groups in total. The molecule has 5 nitrogen and oxygen atoms in total. The minimum atomic E-state index is -0.474. The zero-order valence-electron chi connectivity index (χ0n) is 9.30. The van der Waals surface area contributed by atoms with E-state index in [0.29, 0.717) is 15.8 Å². The third-order valence-corrected chi connectivity index (χ3v) is 4.14. The van der Waals surface area contributed by atoms with Gasteiger partial charge >= 0.3 is 0 Å². The van der Waals surface area contributed by atoms with E-state index in [2.05, 4.69) is 31.5 Å². The first-order chi connectivity index (χ1) is 8.58. The summed E-state index contributed by atoms with van der Waals surface area (Å²) >= 11 is 10.3. The van der Waals surface area contributed by atoms with Gasteiger partial charge in [-0.2, -0.15) is 0 Å². The summed E-state index contributed by atoms with van der Waals surface area (Å²) < 4.78 is 2.30. The lowest BCUT2D eigenvalue weighted by Gasteiger charge is -2.03. The standard InChI is InChI=1S/C10H8BrClN4OS/c1-16-10(13-14-15-16)18-5-6-2-3-7(9(12)17)8(11)4-6/h2-4H,5H2,1H3. The zero-order chi connectivity index (χ0) is 13.1. The van der Waals surface area contributed by atoms with Gasteiger partial charge in [-0.15, -0.1) is 5.10 Å². The zero-order valence-corrected chi connectivity index (χ0v) is 12.5. The molecular weight excluding hydrogens is 340 g/mol. The highest BCUT2D eigenvalue weighted by Crippen LogP contribution is 2.24. The number of benzene rings is 1. The van der Waals surface area contributed by atoms with Crippen LogP contribution in [0.15, 0.2) is 27.8 Å². The summed E-state index contributed by atoms with van der Waals surface area (Å²) in [5.41, 5.74) is 1.52. The van der Waals surface area contributed by atoms with Gasteiger partial charge < -0.3 is 0 Å². The molecule has 18 heavy (non-hydrogen) atoms. The van der Waals surface area contributed by atoms with Gasteiger partial charge in [0.1, 0.15) is 0 Å². The van der Waals surface area contributed by atoms with E-state index in [1.165, 1.54) is 11.8 Å². The molecule has 0 atom stereocenters. The van der Waals surface area contributed by atoms with Crippen LogP contribution in [0.4, 0.5) is 0 Å².